The number of likely N-dealkylation sites (tertiary alicyclic amines) is 1. The first kappa shape index (κ1) is 19.0. The van der Waals surface area contributed by atoms with Gasteiger partial charge in [-0.15, -0.1) is 10.2 Å². The molecule has 1 aromatic carbocycles. The summed E-state index contributed by atoms with van der Waals surface area (Å²) < 4.78 is 2.13. The minimum atomic E-state index is -0.132. The zero-order valence-electron chi connectivity index (χ0n) is 15.7. The Morgan fingerprint density at radius 3 is 2.46 bits per heavy atom. The predicted molar refractivity (Wildman–Crippen MR) is 105 cm³/mol. The average Bonchev–Trinajstić information content (AvgIpc) is 2.86. The van der Waals surface area contributed by atoms with E-state index in [1.807, 2.05) is 30.0 Å². The maximum Gasteiger partial charge on any atom is 0.235 e. The van der Waals surface area contributed by atoms with Gasteiger partial charge in [-0.05, 0) is 32.3 Å². The first-order valence-electron chi connectivity index (χ1n) is 9.60. The zero-order chi connectivity index (χ0) is 18.4. The highest BCUT2D eigenvalue weighted by molar-refractivity contribution is 8.00. The van der Waals surface area contributed by atoms with Crippen LogP contribution in [-0.2, 0) is 17.8 Å². The molecule has 2 heterocycles. The van der Waals surface area contributed by atoms with Crippen molar-refractivity contribution in [2.75, 3.05) is 13.1 Å². The molecule has 1 aliphatic heterocycles. The largest absolute Gasteiger partial charge is 0.342 e. The van der Waals surface area contributed by atoms with Gasteiger partial charge in [0.15, 0.2) is 5.16 Å². The van der Waals surface area contributed by atoms with Crippen LogP contribution in [0.4, 0.5) is 0 Å². The number of rotatable bonds is 6. The van der Waals surface area contributed by atoms with E-state index in [0.29, 0.717) is 0 Å². The Labute approximate surface area is 160 Å². The number of aromatic nitrogens is 3. The van der Waals surface area contributed by atoms with Gasteiger partial charge in [0.05, 0.1) is 5.25 Å². The predicted octanol–water partition coefficient (Wildman–Crippen LogP) is 3.77. The molecule has 140 valence electrons. The average molecular weight is 373 g/mol. The van der Waals surface area contributed by atoms with E-state index in [2.05, 4.69) is 33.8 Å². The third kappa shape index (κ3) is 4.67. The molecular weight excluding hydrogens is 344 g/mol. The van der Waals surface area contributed by atoms with Crippen molar-refractivity contribution in [2.24, 2.45) is 0 Å². The number of carbonyl (C=O) groups is 1. The SMILES string of the molecule is CCn1c(Cc2ccccc2)nnc1SC(C)C(=O)N1CCCCCC1. The van der Waals surface area contributed by atoms with Crippen LogP contribution in [0, 0.1) is 0 Å². The highest BCUT2D eigenvalue weighted by Gasteiger charge is 2.24. The number of thioether (sulfide) groups is 1. The zero-order valence-corrected chi connectivity index (χ0v) is 16.5. The van der Waals surface area contributed by atoms with Crippen molar-refractivity contribution in [3.8, 4) is 0 Å². The summed E-state index contributed by atoms with van der Waals surface area (Å²) in [5.41, 5.74) is 1.22. The van der Waals surface area contributed by atoms with Crippen LogP contribution >= 0.6 is 11.8 Å². The topological polar surface area (TPSA) is 51.0 Å². The molecule has 0 N–H and O–H groups in total. The van der Waals surface area contributed by atoms with E-state index in [0.717, 1.165) is 49.9 Å². The normalized spacial score (nSPS) is 16.3. The van der Waals surface area contributed by atoms with E-state index >= 15 is 0 Å². The summed E-state index contributed by atoms with van der Waals surface area (Å²) in [5, 5.41) is 9.47. The molecule has 26 heavy (non-hydrogen) atoms. The summed E-state index contributed by atoms with van der Waals surface area (Å²) in [6.07, 6.45) is 5.47. The molecule has 1 saturated heterocycles. The Kier molecular flexibility index (Phi) is 6.72. The molecule has 1 unspecified atom stereocenters. The number of nitrogens with zero attached hydrogens (tertiary/aromatic N) is 4. The van der Waals surface area contributed by atoms with E-state index in [1.54, 1.807) is 0 Å². The van der Waals surface area contributed by atoms with E-state index in [1.165, 1.54) is 30.2 Å². The lowest BCUT2D eigenvalue weighted by molar-refractivity contribution is -0.130. The molecule has 6 heteroatoms. The summed E-state index contributed by atoms with van der Waals surface area (Å²) in [6.45, 7) is 6.68. The van der Waals surface area contributed by atoms with Gasteiger partial charge in [-0.25, -0.2) is 0 Å². The number of amides is 1. The molecule has 1 aromatic heterocycles. The van der Waals surface area contributed by atoms with Crippen LogP contribution in [0.25, 0.3) is 0 Å². The van der Waals surface area contributed by atoms with Crippen LogP contribution in [0.3, 0.4) is 0 Å². The van der Waals surface area contributed by atoms with Gasteiger partial charge in [-0.1, -0.05) is 54.9 Å². The molecule has 5 nitrogen and oxygen atoms in total. The van der Waals surface area contributed by atoms with Gasteiger partial charge in [0.25, 0.3) is 0 Å². The fourth-order valence-corrected chi connectivity index (χ4v) is 4.41. The Hall–Kier alpha value is -1.82. The molecule has 0 bridgehead atoms. The first-order valence-corrected chi connectivity index (χ1v) is 10.5. The van der Waals surface area contributed by atoms with Gasteiger partial charge < -0.3 is 9.47 Å². The van der Waals surface area contributed by atoms with Crippen LogP contribution in [0.2, 0.25) is 0 Å². The summed E-state index contributed by atoms with van der Waals surface area (Å²) in [7, 11) is 0. The van der Waals surface area contributed by atoms with Crippen LogP contribution in [0.1, 0.15) is 50.9 Å². The van der Waals surface area contributed by atoms with E-state index in [4.69, 9.17) is 0 Å². The van der Waals surface area contributed by atoms with Crippen molar-refractivity contribution < 1.29 is 4.79 Å². The van der Waals surface area contributed by atoms with Gasteiger partial charge in [-0.3, -0.25) is 4.79 Å². The maximum absolute atomic E-state index is 12.8. The third-order valence-electron chi connectivity index (χ3n) is 4.86. The molecule has 1 fully saturated rings. The van der Waals surface area contributed by atoms with Crippen molar-refractivity contribution in [1.29, 1.82) is 0 Å². The highest BCUT2D eigenvalue weighted by Crippen LogP contribution is 2.25. The van der Waals surface area contributed by atoms with E-state index in [-0.39, 0.29) is 11.2 Å². The lowest BCUT2D eigenvalue weighted by Crippen LogP contribution is -2.37. The van der Waals surface area contributed by atoms with E-state index in [9.17, 15) is 4.79 Å². The van der Waals surface area contributed by atoms with Crippen LogP contribution in [0.5, 0.6) is 0 Å². The quantitative estimate of drug-likeness (QED) is 0.724. The van der Waals surface area contributed by atoms with Crippen molar-refractivity contribution in [3.63, 3.8) is 0 Å². The molecule has 0 saturated carbocycles. The lowest BCUT2D eigenvalue weighted by atomic mass is 10.1. The molecule has 0 radical (unpaired) electrons. The van der Waals surface area contributed by atoms with E-state index < -0.39 is 0 Å². The molecule has 1 aliphatic rings. The minimum absolute atomic E-state index is 0.132. The summed E-state index contributed by atoms with van der Waals surface area (Å²) in [6, 6.07) is 10.3. The third-order valence-corrected chi connectivity index (χ3v) is 5.93. The lowest BCUT2D eigenvalue weighted by Gasteiger charge is -2.23. The minimum Gasteiger partial charge on any atom is -0.342 e. The van der Waals surface area contributed by atoms with Crippen LogP contribution in [0.15, 0.2) is 35.5 Å². The number of hydrogen-bond donors (Lipinski definition) is 0. The van der Waals surface area contributed by atoms with Crippen LogP contribution in [-0.4, -0.2) is 43.9 Å². The Morgan fingerprint density at radius 1 is 1.12 bits per heavy atom. The number of benzene rings is 1. The Morgan fingerprint density at radius 2 is 1.81 bits per heavy atom. The van der Waals surface area contributed by atoms with Gasteiger partial charge in [0, 0.05) is 26.1 Å². The second-order valence-corrected chi connectivity index (χ2v) is 8.11. The number of hydrogen-bond acceptors (Lipinski definition) is 4. The molecule has 3 rings (SSSR count). The van der Waals surface area contributed by atoms with Crippen molar-refractivity contribution in [2.45, 2.75) is 62.9 Å². The van der Waals surface area contributed by atoms with Gasteiger partial charge >= 0.3 is 0 Å². The van der Waals surface area contributed by atoms with Crippen molar-refractivity contribution >= 4 is 17.7 Å². The summed E-state index contributed by atoms with van der Waals surface area (Å²) in [5.74, 6) is 1.18. The Bertz CT molecular complexity index is 708. The summed E-state index contributed by atoms with van der Waals surface area (Å²) >= 11 is 1.53. The van der Waals surface area contributed by atoms with Gasteiger partial charge in [0.1, 0.15) is 5.82 Å². The van der Waals surface area contributed by atoms with Crippen molar-refractivity contribution in [1.82, 2.24) is 19.7 Å². The van der Waals surface area contributed by atoms with Gasteiger partial charge in [0.2, 0.25) is 5.91 Å². The Balaban J connectivity index is 1.68. The van der Waals surface area contributed by atoms with Gasteiger partial charge in [-0.2, -0.15) is 0 Å². The molecule has 1 atom stereocenters. The molecule has 0 aliphatic carbocycles. The smallest absolute Gasteiger partial charge is 0.235 e. The fourth-order valence-electron chi connectivity index (χ4n) is 3.39. The number of carbonyl (C=O) groups excluding carboxylic acids is 1. The first-order chi connectivity index (χ1) is 12.7. The highest BCUT2D eigenvalue weighted by atomic mass is 32.2. The fraction of sp³-hybridized carbons (Fsp3) is 0.550. The van der Waals surface area contributed by atoms with Crippen LogP contribution < -0.4 is 0 Å². The maximum atomic E-state index is 12.8. The monoisotopic (exact) mass is 372 g/mol. The molecule has 2 aromatic rings. The second-order valence-electron chi connectivity index (χ2n) is 6.81. The molecule has 1 amide bonds. The molecule has 0 spiro atoms. The van der Waals surface area contributed by atoms with Crippen molar-refractivity contribution in [3.05, 3.63) is 41.7 Å². The standard InChI is InChI=1S/C20H28N4OS/c1-3-24-18(15-17-11-7-6-8-12-17)21-22-20(24)26-16(2)19(25)23-13-9-4-5-10-14-23/h6-8,11-12,16H,3-5,9-10,13-15H2,1-2H3. The second kappa shape index (κ2) is 9.21. The summed E-state index contributed by atoms with van der Waals surface area (Å²) in [4.78, 5) is 14.8. The molecular formula is C20H28N4OS.